The fourth-order valence-corrected chi connectivity index (χ4v) is 3.65. The van der Waals surface area contributed by atoms with Crippen LogP contribution in [-0.2, 0) is 4.74 Å². The number of rotatable bonds is 10. The first-order chi connectivity index (χ1) is 16.7. The van der Waals surface area contributed by atoms with Gasteiger partial charge in [-0.25, -0.2) is 0 Å². The van der Waals surface area contributed by atoms with Crippen LogP contribution >= 0.6 is 0 Å². The number of carbonyl (C=O) groups excluding carboxylic acids is 2. The zero-order chi connectivity index (χ0) is 23.6. The molecular formula is C27H28N2O5. The van der Waals surface area contributed by atoms with E-state index >= 15 is 0 Å². The highest BCUT2D eigenvalue weighted by atomic mass is 16.5. The van der Waals surface area contributed by atoms with Gasteiger partial charge in [0.05, 0.1) is 17.4 Å². The third-order valence-electron chi connectivity index (χ3n) is 5.39. The Morgan fingerprint density at radius 3 is 2.38 bits per heavy atom. The Morgan fingerprint density at radius 1 is 0.853 bits per heavy atom. The van der Waals surface area contributed by atoms with Crippen molar-refractivity contribution in [1.82, 2.24) is 5.32 Å². The lowest BCUT2D eigenvalue weighted by molar-refractivity contribution is 0.0858. The highest BCUT2D eigenvalue weighted by Gasteiger charge is 2.19. The molecule has 0 spiro atoms. The Morgan fingerprint density at radius 2 is 1.59 bits per heavy atom. The van der Waals surface area contributed by atoms with E-state index in [4.69, 9.17) is 14.2 Å². The minimum Gasteiger partial charge on any atom is -0.490 e. The van der Waals surface area contributed by atoms with Crippen LogP contribution in [0.5, 0.6) is 11.5 Å². The second kappa shape index (κ2) is 11.9. The van der Waals surface area contributed by atoms with E-state index in [1.165, 1.54) is 0 Å². The molecule has 1 atom stereocenters. The average molecular weight is 461 g/mol. The van der Waals surface area contributed by atoms with Gasteiger partial charge < -0.3 is 24.8 Å². The first-order valence-electron chi connectivity index (χ1n) is 11.4. The van der Waals surface area contributed by atoms with Crippen LogP contribution in [0.25, 0.3) is 0 Å². The normalized spacial score (nSPS) is 14.9. The van der Waals surface area contributed by atoms with E-state index in [0.29, 0.717) is 42.3 Å². The molecule has 3 aromatic rings. The monoisotopic (exact) mass is 460 g/mol. The molecule has 1 aliphatic rings. The van der Waals surface area contributed by atoms with Crippen molar-refractivity contribution in [1.29, 1.82) is 0 Å². The van der Waals surface area contributed by atoms with Crippen molar-refractivity contribution >= 4 is 17.5 Å². The van der Waals surface area contributed by atoms with Crippen molar-refractivity contribution in [2.45, 2.75) is 18.9 Å². The number of hydrogen-bond acceptors (Lipinski definition) is 5. The number of carbonyl (C=O) groups is 2. The standard InChI is InChI=1S/C27H28N2O5/c30-26(20-8-6-11-22(18-20)34-17-16-33-21-9-2-1-3-10-21)29-25-14-5-4-13-24(25)27(31)28-19-23-12-7-15-32-23/h1-6,8-11,13-14,18,23H,7,12,15-17,19H2,(H,28,31)(H,29,30). The Hall–Kier alpha value is -3.84. The molecule has 176 valence electrons. The Kier molecular flexibility index (Phi) is 8.13. The molecule has 7 nitrogen and oxygen atoms in total. The lowest BCUT2D eigenvalue weighted by atomic mass is 10.1. The summed E-state index contributed by atoms with van der Waals surface area (Å²) in [6, 6.07) is 23.3. The van der Waals surface area contributed by atoms with E-state index in [2.05, 4.69) is 10.6 Å². The van der Waals surface area contributed by atoms with Crippen LogP contribution in [0.15, 0.2) is 78.9 Å². The summed E-state index contributed by atoms with van der Waals surface area (Å²) in [5.41, 5.74) is 1.27. The van der Waals surface area contributed by atoms with Crippen LogP contribution < -0.4 is 20.1 Å². The molecule has 2 amide bonds. The fraction of sp³-hybridized carbons (Fsp3) is 0.259. The smallest absolute Gasteiger partial charge is 0.255 e. The molecule has 2 N–H and O–H groups in total. The van der Waals surface area contributed by atoms with E-state index in [9.17, 15) is 9.59 Å². The topological polar surface area (TPSA) is 85.9 Å². The highest BCUT2D eigenvalue weighted by Crippen LogP contribution is 2.19. The summed E-state index contributed by atoms with van der Waals surface area (Å²) in [5.74, 6) is 0.761. The largest absolute Gasteiger partial charge is 0.490 e. The zero-order valence-electron chi connectivity index (χ0n) is 18.9. The SMILES string of the molecule is O=C(Nc1ccccc1C(=O)NCC1CCCO1)c1cccc(OCCOc2ccccc2)c1. The molecule has 0 saturated carbocycles. The van der Waals surface area contributed by atoms with Gasteiger partial charge in [0, 0.05) is 18.7 Å². The zero-order valence-corrected chi connectivity index (χ0v) is 18.9. The van der Waals surface area contributed by atoms with Crippen molar-refractivity contribution in [3.05, 3.63) is 90.0 Å². The van der Waals surface area contributed by atoms with Crippen LogP contribution in [0.1, 0.15) is 33.6 Å². The van der Waals surface area contributed by atoms with Gasteiger partial charge in [0.25, 0.3) is 11.8 Å². The molecule has 3 aromatic carbocycles. The van der Waals surface area contributed by atoms with Gasteiger partial charge in [-0.15, -0.1) is 0 Å². The average Bonchev–Trinajstić information content (AvgIpc) is 3.40. The predicted octanol–water partition coefficient (Wildman–Crippen LogP) is 4.31. The summed E-state index contributed by atoms with van der Waals surface area (Å²) in [6.45, 7) is 1.91. The molecule has 1 saturated heterocycles. The van der Waals surface area contributed by atoms with Crippen LogP contribution in [-0.4, -0.2) is 44.3 Å². The maximum absolute atomic E-state index is 12.9. The van der Waals surface area contributed by atoms with Crippen LogP contribution in [0, 0.1) is 0 Å². The molecule has 0 bridgehead atoms. The third kappa shape index (κ3) is 6.59. The highest BCUT2D eigenvalue weighted by molar-refractivity contribution is 6.09. The lowest BCUT2D eigenvalue weighted by Gasteiger charge is -2.14. The van der Waals surface area contributed by atoms with Crippen molar-refractivity contribution in [2.75, 3.05) is 31.7 Å². The number of ether oxygens (including phenoxy) is 3. The second-order valence-electron chi connectivity index (χ2n) is 7.88. The number of nitrogens with one attached hydrogen (secondary N) is 2. The summed E-state index contributed by atoms with van der Waals surface area (Å²) < 4.78 is 16.9. The van der Waals surface area contributed by atoms with E-state index in [-0.39, 0.29) is 17.9 Å². The van der Waals surface area contributed by atoms with Gasteiger partial charge in [0.1, 0.15) is 24.7 Å². The van der Waals surface area contributed by atoms with Gasteiger partial charge in [-0.2, -0.15) is 0 Å². The minimum atomic E-state index is -0.328. The molecule has 34 heavy (non-hydrogen) atoms. The molecular weight excluding hydrogens is 432 g/mol. The van der Waals surface area contributed by atoms with Crippen LogP contribution in [0.3, 0.4) is 0 Å². The maximum atomic E-state index is 12.9. The minimum absolute atomic E-state index is 0.0477. The van der Waals surface area contributed by atoms with Gasteiger partial charge in [0.2, 0.25) is 0 Å². The van der Waals surface area contributed by atoms with Crippen LogP contribution in [0.2, 0.25) is 0 Å². The van der Waals surface area contributed by atoms with Gasteiger partial charge in [0.15, 0.2) is 0 Å². The van der Waals surface area contributed by atoms with Crippen molar-refractivity contribution < 1.29 is 23.8 Å². The molecule has 0 radical (unpaired) electrons. The summed E-state index contributed by atoms with van der Waals surface area (Å²) >= 11 is 0. The first kappa shape index (κ1) is 23.3. The molecule has 1 heterocycles. The Balaban J connectivity index is 1.32. The summed E-state index contributed by atoms with van der Waals surface area (Å²) in [5, 5.41) is 5.74. The molecule has 1 fully saturated rings. The van der Waals surface area contributed by atoms with Crippen LogP contribution in [0.4, 0.5) is 5.69 Å². The second-order valence-corrected chi connectivity index (χ2v) is 7.88. The quantitative estimate of drug-likeness (QED) is 0.441. The van der Waals surface area contributed by atoms with E-state index in [0.717, 1.165) is 25.2 Å². The number of hydrogen-bond donors (Lipinski definition) is 2. The Bertz CT molecular complexity index is 1100. The number of anilines is 1. The molecule has 0 aliphatic carbocycles. The molecule has 7 heteroatoms. The summed E-state index contributed by atoms with van der Waals surface area (Å²) in [6.07, 6.45) is 2.00. The number of amides is 2. The fourth-order valence-electron chi connectivity index (χ4n) is 3.65. The lowest BCUT2D eigenvalue weighted by Crippen LogP contribution is -2.32. The summed E-state index contributed by atoms with van der Waals surface area (Å²) in [7, 11) is 0. The van der Waals surface area contributed by atoms with E-state index in [1.807, 2.05) is 30.3 Å². The first-order valence-corrected chi connectivity index (χ1v) is 11.4. The van der Waals surface area contributed by atoms with Gasteiger partial charge >= 0.3 is 0 Å². The number of benzene rings is 3. The molecule has 4 rings (SSSR count). The van der Waals surface area contributed by atoms with Gasteiger partial charge in [-0.1, -0.05) is 36.4 Å². The van der Waals surface area contributed by atoms with Crippen molar-refractivity contribution in [3.8, 4) is 11.5 Å². The van der Waals surface area contributed by atoms with Crippen molar-refractivity contribution in [3.63, 3.8) is 0 Å². The molecule has 1 aliphatic heterocycles. The van der Waals surface area contributed by atoms with Gasteiger partial charge in [-0.3, -0.25) is 9.59 Å². The predicted molar refractivity (Wildman–Crippen MR) is 130 cm³/mol. The third-order valence-corrected chi connectivity index (χ3v) is 5.39. The number of para-hydroxylation sites is 2. The Labute approximate surface area is 199 Å². The maximum Gasteiger partial charge on any atom is 0.255 e. The van der Waals surface area contributed by atoms with E-state index in [1.54, 1.807) is 48.5 Å². The molecule has 0 aromatic heterocycles. The molecule has 1 unspecified atom stereocenters. The summed E-state index contributed by atoms with van der Waals surface area (Å²) in [4.78, 5) is 25.6. The van der Waals surface area contributed by atoms with Crippen molar-refractivity contribution in [2.24, 2.45) is 0 Å². The van der Waals surface area contributed by atoms with E-state index < -0.39 is 0 Å². The van der Waals surface area contributed by atoms with Gasteiger partial charge in [-0.05, 0) is 55.3 Å².